The molecule has 1 aromatic heterocycles. The molecule has 0 spiro atoms. The van der Waals surface area contributed by atoms with Crippen molar-refractivity contribution in [1.82, 2.24) is 4.90 Å². The number of nitrogen functional groups attached to an aromatic ring is 1. The molecule has 2 N–H and O–H groups in total. The first kappa shape index (κ1) is 13.5. The average Bonchev–Trinajstić information content (AvgIpc) is 2.77. The lowest BCUT2D eigenvalue weighted by atomic mass is 10.1. The van der Waals surface area contributed by atoms with E-state index in [1.54, 1.807) is 13.4 Å². The van der Waals surface area contributed by atoms with Crippen LogP contribution in [0.5, 0.6) is 5.75 Å². The summed E-state index contributed by atoms with van der Waals surface area (Å²) in [5.41, 5.74) is 9.09. The highest BCUT2D eigenvalue weighted by Gasteiger charge is 2.08. The number of furan rings is 1. The van der Waals surface area contributed by atoms with E-state index in [9.17, 15) is 0 Å². The van der Waals surface area contributed by atoms with Gasteiger partial charge in [-0.05, 0) is 31.7 Å². The van der Waals surface area contributed by atoms with Crippen LogP contribution in [0.15, 0.2) is 34.9 Å². The van der Waals surface area contributed by atoms with Crippen molar-refractivity contribution in [2.24, 2.45) is 0 Å². The molecular weight excluding hydrogens is 240 g/mol. The van der Waals surface area contributed by atoms with E-state index in [4.69, 9.17) is 14.9 Å². The fourth-order valence-electron chi connectivity index (χ4n) is 2.06. The minimum Gasteiger partial charge on any atom is -0.497 e. The highest BCUT2D eigenvalue weighted by atomic mass is 16.5. The van der Waals surface area contributed by atoms with E-state index in [1.807, 2.05) is 31.2 Å². The third kappa shape index (κ3) is 3.29. The van der Waals surface area contributed by atoms with Crippen molar-refractivity contribution in [2.45, 2.75) is 20.0 Å². The zero-order valence-corrected chi connectivity index (χ0v) is 11.6. The van der Waals surface area contributed by atoms with Crippen molar-refractivity contribution >= 4 is 5.69 Å². The molecule has 1 heterocycles. The summed E-state index contributed by atoms with van der Waals surface area (Å²) in [4.78, 5) is 2.20. The number of aryl methyl sites for hydroxylation is 1. The van der Waals surface area contributed by atoms with Gasteiger partial charge in [-0.2, -0.15) is 0 Å². The first-order valence-electron chi connectivity index (χ1n) is 6.24. The highest BCUT2D eigenvalue weighted by molar-refractivity contribution is 5.51. The van der Waals surface area contributed by atoms with Crippen molar-refractivity contribution in [2.75, 3.05) is 19.9 Å². The van der Waals surface area contributed by atoms with Gasteiger partial charge in [-0.3, -0.25) is 4.90 Å². The predicted molar refractivity (Wildman–Crippen MR) is 76.0 cm³/mol. The summed E-state index contributed by atoms with van der Waals surface area (Å²) in [5.74, 6) is 1.75. The molecule has 0 saturated heterocycles. The van der Waals surface area contributed by atoms with Crippen LogP contribution in [0.2, 0.25) is 0 Å². The summed E-state index contributed by atoms with van der Waals surface area (Å²) in [6, 6.07) is 7.80. The van der Waals surface area contributed by atoms with Crippen LogP contribution in [-0.4, -0.2) is 19.1 Å². The number of methoxy groups -OCH3 is 1. The lowest BCUT2D eigenvalue weighted by molar-refractivity contribution is 0.316. The average molecular weight is 260 g/mol. The van der Waals surface area contributed by atoms with E-state index in [1.165, 1.54) is 5.56 Å². The molecule has 2 rings (SSSR count). The van der Waals surface area contributed by atoms with Gasteiger partial charge >= 0.3 is 0 Å². The Hall–Kier alpha value is -1.94. The van der Waals surface area contributed by atoms with Gasteiger partial charge in [0, 0.05) is 30.4 Å². The molecule has 0 bridgehead atoms. The third-order valence-corrected chi connectivity index (χ3v) is 3.20. The van der Waals surface area contributed by atoms with Crippen LogP contribution in [0.4, 0.5) is 5.69 Å². The zero-order valence-electron chi connectivity index (χ0n) is 11.6. The summed E-state index contributed by atoms with van der Waals surface area (Å²) >= 11 is 0. The number of ether oxygens (including phenoxy) is 1. The van der Waals surface area contributed by atoms with E-state index in [-0.39, 0.29) is 0 Å². The molecular formula is C15H20N2O2. The normalized spacial score (nSPS) is 10.9. The summed E-state index contributed by atoms with van der Waals surface area (Å²) < 4.78 is 10.5. The highest BCUT2D eigenvalue weighted by Crippen LogP contribution is 2.21. The molecule has 0 atom stereocenters. The molecule has 0 fully saturated rings. The van der Waals surface area contributed by atoms with Gasteiger partial charge in [0.1, 0.15) is 11.5 Å². The van der Waals surface area contributed by atoms with Crippen LogP contribution in [-0.2, 0) is 13.1 Å². The monoisotopic (exact) mass is 260 g/mol. The molecule has 0 amide bonds. The van der Waals surface area contributed by atoms with Crippen LogP contribution in [0.1, 0.15) is 16.9 Å². The Morgan fingerprint density at radius 3 is 2.53 bits per heavy atom. The van der Waals surface area contributed by atoms with E-state index >= 15 is 0 Å². The molecule has 2 aromatic rings. The molecule has 102 valence electrons. The van der Waals surface area contributed by atoms with E-state index in [2.05, 4.69) is 11.9 Å². The van der Waals surface area contributed by atoms with Crippen LogP contribution < -0.4 is 10.5 Å². The molecule has 19 heavy (non-hydrogen) atoms. The molecule has 4 nitrogen and oxygen atoms in total. The molecule has 0 saturated carbocycles. The number of nitrogens with zero attached hydrogens (tertiary/aromatic N) is 1. The fraction of sp³-hybridized carbons (Fsp3) is 0.333. The Morgan fingerprint density at radius 1 is 1.21 bits per heavy atom. The standard InChI is InChI=1S/C15H20N2O2/c1-11-12(6-7-19-11)9-17(2)10-13-4-5-14(18-3)8-15(13)16/h4-8H,9-10,16H2,1-3H3. The van der Waals surface area contributed by atoms with Gasteiger partial charge in [0.15, 0.2) is 0 Å². The van der Waals surface area contributed by atoms with Crippen molar-refractivity contribution in [1.29, 1.82) is 0 Å². The number of hydrogen-bond acceptors (Lipinski definition) is 4. The molecule has 0 radical (unpaired) electrons. The lowest BCUT2D eigenvalue weighted by Gasteiger charge is -2.17. The van der Waals surface area contributed by atoms with Gasteiger partial charge in [0.25, 0.3) is 0 Å². The van der Waals surface area contributed by atoms with Gasteiger partial charge in [-0.1, -0.05) is 6.07 Å². The van der Waals surface area contributed by atoms with Crippen LogP contribution in [0, 0.1) is 6.92 Å². The van der Waals surface area contributed by atoms with Gasteiger partial charge in [-0.25, -0.2) is 0 Å². The minimum atomic E-state index is 0.759. The quantitative estimate of drug-likeness (QED) is 0.840. The Bertz CT molecular complexity index is 549. The topological polar surface area (TPSA) is 51.6 Å². The summed E-state index contributed by atoms with van der Waals surface area (Å²) in [7, 11) is 3.71. The van der Waals surface area contributed by atoms with E-state index in [0.29, 0.717) is 0 Å². The van der Waals surface area contributed by atoms with Crippen molar-refractivity contribution in [3.63, 3.8) is 0 Å². The first-order valence-corrected chi connectivity index (χ1v) is 6.24. The summed E-state index contributed by atoms with van der Waals surface area (Å²) in [5, 5.41) is 0. The Labute approximate surface area is 113 Å². The van der Waals surface area contributed by atoms with Crippen LogP contribution in [0.25, 0.3) is 0 Å². The lowest BCUT2D eigenvalue weighted by Crippen LogP contribution is -2.18. The van der Waals surface area contributed by atoms with Crippen LogP contribution >= 0.6 is 0 Å². The third-order valence-electron chi connectivity index (χ3n) is 3.20. The van der Waals surface area contributed by atoms with E-state index < -0.39 is 0 Å². The maximum absolute atomic E-state index is 6.02. The molecule has 0 aliphatic rings. The molecule has 1 aromatic carbocycles. The first-order chi connectivity index (χ1) is 9.10. The second-order valence-corrected chi connectivity index (χ2v) is 4.74. The second-order valence-electron chi connectivity index (χ2n) is 4.74. The number of rotatable bonds is 5. The Balaban J connectivity index is 2.03. The van der Waals surface area contributed by atoms with Gasteiger partial charge in [0.2, 0.25) is 0 Å². The molecule has 0 unspecified atom stereocenters. The fourth-order valence-corrected chi connectivity index (χ4v) is 2.06. The largest absolute Gasteiger partial charge is 0.497 e. The SMILES string of the molecule is COc1ccc(CN(C)Cc2ccoc2C)c(N)c1. The molecule has 4 heteroatoms. The van der Waals surface area contributed by atoms with Crippen molar-refractivity contribution in [3.05, 3.63) is 47.4 Å². The van der Waals surface area contributed by atoms with Gasteiger partial charge < -0.3 is 14.9 Å². The predicted octanol–water partition coefficient (Wildman–Crippen LogP) is 2.81. The maximum atomic E-state index is 6.02. The maximum Gasteiger partial charge on any atom is 0.120 e. The van der Waals surface area contributed by atoms with Gasteiger partial charge in [0.05, 0.1) is 13.4 Å². The van der Waals surface area contributed by atoms with Crippen LogP contribution in [0.3, 0.4) is 0 Å². The number of benzene rings is 1. The summed E-state index contributed by atoms with van der Waals surface area (Å²) in [6.45, 7) is 3.61. The zero-order chi connectivity index (χ0) is 13.8. The number of anilines is 1. The minimum absolute atomic E-state index is 0.759. The summed E-state index contributed by atoms with van der Waals surface area (Å²) in [6.07, 6.45) is 1.72. The smallest absolute Gasteiger partial charge is 0.120 e. The van der Waals surface area contributed by atoms with Gasteiger partial charge in [-0.15, -0.1) is 0 Å². The molecule has 0 aliphatic carbocycles. The second kappa shape index (κ2) is 5.80. The number of hydrogen-bond donors (Lipinski definition) is 1. The van der Waals surface area contributed by atoms with E-state index in [0.717, 1.165) is 35.9 Å². The Morgan fingerprint density at radius 2 is 1.95 bits per heavy atom. The van der Waals surface area contributed by atoms with Crippen molar-refractivity contribution < 1.29 is 9.15 Å². The Kier molecular flexibility index (Phi) is 4.12. The number of nitrogens with two attached hydrogens (primary N) is 1. The molecule has 0 aliphatic heterocycles. The van der Waals surface area contributed by atoms with Crippen molar-refractivity contribution in [3.8, 4) is 5.75 Å².